The topological polar surface area (TPSA) is 27.7 Å². The molecular formula is C11H18O3Si. The minimum absolute atomic E-state index is 1.57. The summed E-state index contributed by atoms with van der Waals surface area (Å²) in [4.78, 5) is 0. The maximum absolute atomic E-state index is 5.20. The zero-order chi connectivity index (χ0) is 11.6. The first-order chi connectivity index (χ1) is 7.24. The van der Waals surface area contributed by atoms with Gasteiger partial charge in [0.15, 0.2) is 0 Å². The van der Waals surface area contributed by atoms with Crippen LogP contribution in [0.3, 0.4) is 0 Å². The molecule has 0 atom stereocenters. The van der Waals surface area contributed by atoms with E-state index in [-0.39, 0.29) is 0 Å². The summed E-state index contributed by atoms with van der Waals surface area (Å²) in [6.45, 7) is 3.57. The van der Waals surface area contributed by atoms with Crippen LogP contribution in [-0.4, -0.2) is 30.1 Å². The summed E-state index contributed by atoms with van der Waals surface area (Å²) in [5, 5.41) is 0. The van der Waals surface area contributed by atoms with E-state index < -0.39 is 8.80 Å². The van der Waals surface area contributed by atoms with Gasteiger partial charge in [0.2, 0.25) is 0 Å². The van der Waals surface area contributed by atoms with Crippen LogP contribution < -0.4 is 0 Å². The molecular weight excluding hydrogens is 208 g/mol. The van der Waals surface area contributed by atoms with Crippen LogP contribution in [0.15, 0.2) is 48.7 Å². The first-order valence-corrected chi connectivity index (χ1v) is 6.34. The minimum atomic E-state index is -2.56. The Morgan fingerprint density at radius 3 is 1.73 bits per heavy atom. The second-order valence-corrected chi connectivity index (χ2v) is 5.35. The van der Waals surface area contributed by atoms with Gasteiger partial charge >= 0.3 is 8.80 Å². The van der Waals surface area contributed by atoms with Gasteiger partial charge in [-0.05, 0) is 5.70 Å². The highest BCUT2D eigenvalue weighted by Gasteiger charge is 2.33. The van der Waals surface area contributed by atoms with Crippen LogP contribution in [0.2, 0.25) is 0 Å². The zero-order valence-corrected chi connectivity index (χ0v) is 10.5. The third-order valence-corrected chi connectivity index (χ3v) is 4.04. The van der Waals surface area contributed by atoms with Crippen molar-refractivity contribution in [1.82, 2.24) is 0 Å². The van der Waals surface area contributed by atoms with Gasteiger partial charge in [0.1, 0.15) is 0 Å². The second-order valence-electron chi connectivity index (χ2n) is 2.58. The van der Waals surface area contributed by atoms with E-state index in [9.17, 15) is 0 Å². The fourth-order valence-corrected chi connectivity index (χ4v) is 2.15. The Bertz CT molecular complexity index is 244. The van der Waals surface area contributed by atoms with E-state index in [4.69, 9.17) is 13.3 Å². The highest BCUT2D eigenvalue weighted by molar-refractivity contribution is 6.66. The molecule has 0 aromatic carbocycles. The van der Waals surface area contributed by atoms with Crippen LogP contribution in [-0.2, 0) is 13.3 Å². The van der Waals surface area contributed by atoms with Gasteiger partial charge in [0, 0.05) is 21.3 Å². The highest BCUT2D eigenvalue weighted by atomic mass is 28.4. The summed E-state index contributed by atoms with van der Waals surface area (Å²) < 4.78 is 15.6. The molecule has 0 amide bonds. The fraction of sp³-hybridized carbons (Fsp3) is 0.273. The third kappa shape index (κ3) is 5.49. The van der Waals surface area contributed by atoms with Crippen molar-refractivity contribution in [2.24, 2.45) is 0 Å². The van der Waals surface area contributed by atoms with Crippen LogP contribution in [0.25, 0.3) is 0 Å². The molecule has 0 heterocycles. The lowest BCUT2D eigenvalue weighted by Crippen LogP contribution is -2.40. The van der Waals surface area contributed by atoms with Gasteiger partial charge in [-0.2, -0.15) is 0 Å². The van der Waals surface area contributed by atoms with Crippen molar-refractivity contribution >= 4 is 8.80 Å². The van der Waals surface area contributed by atoms with Crippen molar-refractivity contribution in [3.05, 3.63) is 48.7 Å². The molecule has 0 aliphatic rings. The molecule has 0 aliphatic carbocycles. The zero-order valence-electron chi connectivity index (χ0n) is 9.47. The molecule has 0 rings (SSSR count). The lowest BCUT2D eigenvalue weighted by atomic mass is 10.4. The average molecular weight is 226 g/mol. The van der Waals surface area contributed by atoms with Gasteiger partial charge in [-0.25, -0.2) is 0 Å². The number of rotatable bonds is 7. The summed E-state index contributed by atoms with van der Waals surface area (Å²) in [6.07, 6.45) is 11.0. The maximum Gasteiger partial charge on any atom is 0.528 e. The van der Waals surface area contributed by atoms with Crippen molar-refractivity contribution in [2.75, 3.05) is 21.3 Å². The number of hydrogen-bond donors (Lipinski definition) is 0. The van der Waals surface area contributed by atoms with Crippen LogP contribution in [0.1, 0.15) is 0 Å². The molecule has 0 fully saturated rings. The van der Waals surface area contributed by atoms with E-state index in [0.29, 0.717) is 0 Å². The van der Waals surface area contributed by atoms with Gasteiger partial charge in [-0.15, -0.1) is 0 Å². The summed E-state index contributed by atoms with van der Waals surface area (Å²) in [5.41, 5.74) is 1.81. The predicted molar refractivity (Wildman–Crippen MR) is 64.4 cm³/mol. The van der Waals surface area contributed by atoms with E-state index >= 15 is 0 Å². The SMILES string of the molecule is C=C/C=C/C=C/C=C/[Si](OC)(OC)OC. The van der Waals surface area contributed by atoms with E-state index in [2.05, 4.69) is 6.58 Å². The Kier molecular flexibility index (Phi) is 7.85. The quantitative estimate of drug-likeness (QED) is 0.492. The fourth-order valence-electron chi connectivity index (χ4n) is 0.899. The maximum atomic E-state index is 5.20. The lowest BCUT2D eigenvalue weighted by molar-refractivity contribution is 0.138. The Hall–Kier alpha value is -0.943. The van der Waals surface area contributed by atoms with Crippen LogP contribution >= 0.6 is 0 Å². The largest absolute Gasteiger partial charge is 0.528 e. The molecule has 4 heteroatoms. The van der Waals surface area contributed by atoms with E-state index in [1.165, 1.54) is 0 Å². The summed E-state index contributed by atoms with van der Waals surface area (Å²) in [6, 6.07) is 0. The van der Waals surface area contributed by atoms with Crippen LogP contribution in [0.4, 0.5) is 0 Å². The molecule has 15 heavy (non-hydrogen) atoms. The van der Waals surface area contributed by atoms with Gasteiger partial charge < -0.3 is 13.3 Å². The Labute approximate surface area is 92.7 Å². The number of hydrogen-bond acceptors (Lipinski definition) is 3. The van der Waals surface area contributed by atoms with E-state index in [1.807, 2.05) is 36.1 Å². The highest BCUT2D eigenvalue weighted by Crippen LogP contribution is 2.07. The van der Waals surface area contributed by atoms with Gasteiger partial charge in [0.05, 0.1) is 0 Å². The first kappa shape index (κ1) is 14.1. The van der Waals surface area contributed by atoms with Crippen LogP contribution in [0.5, 0.6) is 0 Å². The van der Waals surface area contributed by atoms with Crippen LogP contribution in [0, 0.1) is 0 Å². The van der Waals surface area contributed by atoms with Gasteiger partial charge in [0.25, 0.3) is 0 Å². The first-order valence-electron chi connectivity index (χ1n) is 4.53. The van der Waals surface area contributed by atoms with Crippen molar-refractivity contribution in [2.45, 2.75) is 0 Å². The molecule has 0 saturated heterocycles. The Balaban J connectivity index is 4.28. The monoisotopic (exact) mass is 226 g/mol. The van der Waals surface area contributed by atoms with Crippen molar-refractivity contribution in [3.8, 4) is 0 Å². The molecule has 0 aliphatic heterocycles. The molecule has 0 unspecified atom stereocenters. The molecule has 0 N–H and O–H groups in total. The molecule has 0 aromatic rings. The molecule has 84 valence electrons. The van der Waals surface area contributed by atoms with Gasteiger partial charge in [-0.3, -0.25) is 0 Å². The van der Waals surface area contributed by atoms with E-state index in [0.717, 1.165) is 0 Å². The average Bonchev–Trinajstić information content (AvgIpc) is 2.29. The van der Waals surface area contributed by atoms with Gasteiger partial charge in [-0.1, -0.05) is 43.0 Å². The second kappa shape index (κ2) is 8.37. The smallest absolute Gasteiger partial charge is 0.374 e. The summed E-state index contributed by atoms with van der Waals surface area (Å²) >= 11 is 0. The Morgan fingerprint density at radius 2 is 1.27 bits per heavy atom. The molecule has 0 aromatic heterocycles. The predicted octanol–water partition coefficient (Wildman–Crippen LogP) is 2.26. The standard InChI is InChI=1S/C11H18O3Si/c1-5-6-7-8-9-10-11-15(12-2,13-3)14-4/h5-11H,1H2,2-4H3/b7-6+,9-8+,11-10+. The molecule has 0 spiro atoms. The van der Waals surface area contributed by atoms with E-state index in [1.54, 1.807) is 27.4 Å². The normalized spacial score (nSPS) is 13.3. The minimum Gasteiger partial charge on any atom is -0.374 e. The number of allylic oxidation sites excluding steroid dienone is 6. The molecule has 0 saturated carbocycles. The van der Waals surface area contributed by atoms with Crippen molar-refractivity contribution < 1.29 is 13.3 Å². The van der Waals surface area contributed by atoms with Crippen molar-refractivity contribution in [3.63, 3.8) is 0 Å². The molecule has 0 radical (unpaired) electrons. The third-order valence-electron chi connectivity index (χ3n) is 1.73. The molecule has 0 bridgehead atoms. The Morgan fingerprint density at radius 1 is 0.800 bits per heavy atom. The summed E-state index contributed by atoms with van der Waals surface area (Å²) in [7, 11) is 2.16. The lowest BCUT2D eigenvalue weighted by Gasteiger charge is -2.19. The summed E-state index contributed by atoms with van der Waals surface area (Å²) in [5.74, 6) is 0. The van der Waals surface area contributed by atoms with Crippen molar-refractivity contribution in [1.29, 1.82) is 0 Å². The molecule has 3 nitrogen and oxygen atoms in total.